The maximum atomic E-state index is 13.7. The van der Waals surface area contributed by atoms with E-state index in [0.29, 0.717) is 18.8 Å². The average Bonchev–Trinajstić information content (AvgIpc) is 3.59. The molecule has 0 saturated carbocycles. The van der Waals surface area contributed by atoms with Crippen molar-refractivity contribution in [1.29, 1.82) is 0 Å². The van der Waals surface area contributed by atoms with Crippen molar-refractivity contribution >= 4 is 17.4 Å². The summed E-state index contributed by atoms with van der Waals surface area (Å²) >= 11 is 0. The fourth-order valence-electron chi connectivity index (χ4n) is 4.69. The molecular formula is C26H31N5O3. The summed E-state index contributed by atoms with van der Waals surface area (Å²) in [5.74, 6) is 2.42. The quantitative estimate of drug-likeness (QED) is 0.560. The van der Waals surface area contributed by atoms with Crippen LogP contribution in [0.25, 0.3) is 5.69 Å². The average molecular weight is 462 g/mol. The lowest BCUT2D eigenvalue weighted by atomic mass is 10.2. The van der Waals surface area contributed by atoms with Crippen LogP contribution in [0, 0.1) is 0 Å². The number of aromatic nitrogens is 2. The first kappa shape index (κ1) is 22.1. The number of benzene rings is 2. The highest BCUT2D eigenvalue weighted by atomic mass is 16.5. The molecule has 8 nitrogen and oxygen atoms in total. The molecule has 2 aliphatic heterocycles. The van der Waals surface area contributed by atoms with Crippen LogP contribution in [0.15, 0.2) is 54.6 Å². The zero-order valence-corrected chi connectivity index (χ0v) is 19.8. The molecule has 2 fully saturated rings. The zero-order valence-electron chi connectivity index (χ0n) is 19.8. The van der Waals surface area contributed by atoms with Crippen molar-refractivity contribution in [3.05, 3.63) is 60.3 Å². The highest BCUT2D eigenvalue weighted by Crippen LogP contribution is 2.29. The normalized spacial score (nSPS) is 16.1. The molecule has 3 aromatic rings. The number of methoxy groups -OCH3 is 2. The number of hydrogen-bond donors (Lipinski definition) is 0. The first-order valence-corrected chi connectivity index (χ1v) is 11.8. The van der Waals surface area contributed by atoms with Gasteiger partial charge in [-0.1, -0.05) is 18.2 Å². The number of rotatable bonds is 6. The van der Waals surface area contributed by atoms with E-state index in [4.69, 9.17) is 14.6 Å². The van der Waals surface area contributed by atoms with E-state index in [1.54, 1.807) is 18.9 Å². The smallest absolute Gasteiger partial charge is 0.272 e. The van der Waals surface area contributed by atoms with Gasteiger partial charge in [0.1, 0.15) is 17.2 Å². The second kappa shape index (κ2) is 9.67. The Morgan fingerprint density at radius 3 is 2.03 bits per heavy atom. The molecule has 0 radical (unpaired) electrons. The molecule has 0 bridgehead atoms. The molecule has 178 valence electrons. The Morgan fingerprint density at radius 1 is 0.765 bits per heavy atom. The lowest BCUT2D eigenvalue weighted by molar-refractivity contribution is 0.0737. The second-order valence-corrected chi connectivity index (χ2v) is 8.68. The van der Waals surface area contributed by atoms with Gasteiger partial charge in [0.25, 0.3) is 5.91 Å². The van der Waals surface area contributed by atoms with Crippen LogP contribution in [0.5, 0.6) is 11.5 Å². The monoisotopic (exact) mass is 461 g/mol. The van der Waals surface area contributed by atoms with Crippen molar-refractivity contribution in [2.24, 2.45) is 0 Å². The van der Waals surface area contributed by atoms with Crippen LogP contribution in [-0.4, -0.2) is 74.1 Å². The Kier molecular flexibility index (Phi) is 6.29. The Morgan fingerprint density at radius 2 is 1.41 bits per heavy atom. The fourth-order valence-corrected chi connectivity index (χ4v) is 4.69. The molecule has 3 heterocycles. The van der Waals surface area contributed by atoms with Gasteiger partial charge in [0.15, 0.2) is 5.82 Å². The third-order valence-corrected chi connectivity index (χ3v) is 6.61. The maximum absolute atomic E-state index is 13.7. The standard InChI is InChI=1S/C26H31N5O3/c1-33-22-16-21(17-23(18-22)34-2)28-12-14-30(15-13-28)26(32)24-19-25(29-10-6-7-11-29)27-31(24)20-8-4-3-5-9-20/h3-5,8-9,16-19H,6-7,10-15H2,1-2H3. The van der Waals surface area contributed by atoms with Crippen LogP contribution >= 0.6 is 0 Å². The minimum Gasteiger partial charge on any atom is -0.497 e. The van der Waals surface area contributed by atoms with Gasteiger partial charge in [0, 0.05) is 69.2 Å². The minimum atomic E-state index is 0.0182. The van der Waals surface area contributed by atoms with Crippen molar-refractivity contribution in [3.63, 3.8) is 0 Å². The summed E-state index contributed by atoms with van der Waals surface area (Å²) in [5, 5.41) is 4.84. The third kappa shape index (κ3) is 4.40. The van der Waals surface area contributed by atoms with Crippen molar-refractivity contribution in [2.45, 2.75) is 12.8 Å². The van der Waals surface area contributed by atoms with E-state index in [1.807, 2.05) is 59.5 Å². The van der Waals surface area contributed by atoms with Crippen LogP contribution < -0.4 is 19.3 Å². The van der Waals surface area contributed by atoms with Gasteiger partial charge >= 0.3 is 0 Å². The molecular weight excluding hydrogens is 430 g/mol. The lowest BCUT2D eigenvalue weighted by Gasteiger charge is -2.36. The summed E-state index contributed by atoms with van der Waals surface area (Å²) in [6.07, 6.45) is 2.33. The van der Waals surface area contributed by atoms with Gasteiger partial charge in [-0.25, -0.2) is 4.68 Å². The Bertz CT molecular complexity index is 1110. The van der Waals surface area contributed by atoms with E-state index < -0.39 is 0 Å². The number of hydrogen-bond acceptors (Lipinski definition) is 6. The van der Waals surface area contributed by atoms with Crippen LogP contribution in [-0.2, 0) is 0 Å². The van der Waals surface area contributed by atoms with Gasteiger partial charge < -0.3 is 24.2 Å². The van der Waals surface area contributed by atoms with E-state index in [2.05, 4.69) is 9.80 Å². The molecule has 2 aromatic carbocycles. The van der Waals surface area contributed by atoms with Gasteiger partial charge in [-0.3, -0.25) is 4.79 Å². The van der Waals surface area contributed by atoms with E-state index in [1.165, 1.54) is 12.8 Å². The Hall–Kier alpha value is -3.68. The highest BCUT2D eigenvalue weighted by molar-refractivity contribution is 5.94. The van der Waals surface area contributed by atoms with Crippen molar-refractivity contribution in [3.8, 4) is 17.2 Å². The number of carbonyl (C=O) groups excluding carboxylic acids is 1. The molecule has 1 amide bonds. The van der Waals surface area contributed by atoms with Crippen LogP contribution in [0.4, 0.5) is 11.5 Å². The predicted molar refractivity (Wildman–Crippen MR) is 133 cm³/mol. The summed E-state index contributed by atoms with van der Waals surface area (Å²) in [4.78, 5) is 20.1. The lowest BCUT2D eigenvalue weighted by Crippen LogP contribution is -2.49. The van der Waals surface area contributed by atoms with Crippen LogP contribution in [0.1, 0.15) is 23.3 Å². The molecule has 0 N–H and O–H groups in total. The molecule has 2 saturated heterocycles. The second-order valence-electron chi connectivity index (χ2n) is 8.68. The number of amides is 1. The number of carbonyl (C=O) groups is 1. The Balaban J connectivity index is 1.35. The first-order valence-electron chi connectivity index (χ1n) is 11.8. The van der Waals surface area contributed by atoms with Crippen LogP contribution in [0.3, 0.4) is 0 Å². The summed E-state index contributed by atoms with van der Waals surface area (Å²) in [6, 6.07) is 17.7. The third-order valence-electron chi connectivity index (χ3n) is 6.61. The molecule has 34 heavy (non-hydrogen) atoms. The predicted octanol–water partition coefficient (Wildman–Crippen LogP) is 3.45. The molecule has 0 unspecified atom stereocenters. The van der Waals surface area contributed by atoms with Crippen LogP contribution in [0.2, 0.25) is 0 Å². The van der Waals surface area contributed by atoms with Crippen molar-refractivity contribution in [1.82, 2.24) is 14.7 Å². The summed E-state index contributed by atoms with van der Waals surface area (Å²) in [7, 11) is 3.31. The number of piperazine rings is 1. The van der Waals surface area contributed by atoms with Gasteiger partial charge in [-0.05, 0) is 25.0 Å². The van der Waals surface area contributed by atoms with E-state index >= 15 is 0 Å². The molecule has 8 heteroatoms. The molecule has 1 aromatic heterocycles. The van der Waals surface area contributed by atoms with Crippen molar-refractivity contribution < 1.29 is 14.3 Å². The van der Waals surface area contributed by atoms with Gasteiger partial charge in [-0.2, -0.15) is 0 Å². The maximum Gasteiger partial charge on any atom is 0.272 e. The van der Waals surface area contributed by atoms with Gasteiger partial charge in [0.05, 0.1) is 19.9 Å². The summed E-state index contributed by atoms with van der Waals surface area (Å²) in [6.45, 7) is 4.72. The number of para-hydroxylation sites is 1. The van der Waals surface area contributed by atoms with E-state index in [-0.39, 0.29) is 5.91 Å². The van der Waals surface area contributed by atoms with E-state index in [0.717, 1.165) is 54.9 Å². The number of ether oxygens (including phenoxy) is 2. The van der Waals surface area contributed by atoms with E-state index in [9.17, 15) is 4.79 Å². The first-order chi connectivity index (χ1) is 16.7. The highest BCUT2D eigenvalue weighted by Gasteiger charge is 2.28. The summed E-state index contributed by atoms with van der Waals surface area (Å²) in [5.41, 5.74) is 2.55. The largest absolute Gasteiger partial charge is 0.497 e. The Labute approximate surface area is 200 Å². The topological polar surface area (TPSA) is 63.1 Å². The molecule has 0 atom stereocenters. The SMILES string of the molecule is COc1cc(OC)cc(N2CCN(C(=O)c3cc(N4CCCC4)nn3-c3ccccc3)CC2)c1. The minimum absolute atomic E-state index is 0.0182. The fraction of sp³-hybridized carbons (Fsp3) is 0.385. The molecule has 0 aliphatic carbocycles. The van der Waals surface area contributed by atoms with Gasteiger partial charge in [0.2, 0.25) is 0 Å². The zero-order chi connectivity index (χ0) is 23.5. The molecule has 5 rings (SSSR count). The number of nitrogens with zero attached hydrogens (tertiary/aromatic N) is 5. The molecule has 0 spiro atoms. The summed E-state index contributed by atoms with van der Waals surface area (Å²) < 4.78 is 12.6. The van der Waals surface area contributed by atoms with Crippen molar-refractivity contribution in [2.75, 3.05) is 63.3 Å². The number of anilines is 2. The molecule has 2 aliphatic rings. The van der Waals surface area contributed by atoms with Gasteiger partial charge in [-0.15, -0.1) is 5.10 Å².